The largest absolute Gasteiger partial charge is 0.493 e. The number of nitriles is 1. The summed E-state index contributed by atoms with van der Waals surface area (Å²) < 4.78 is 22.0. The van der Waals surface area contributed by atoms with Crippen LogP contribution >= 0.6 is 0 Å². The molecule has 0 atom stereocenters. The molecule has 0 aromatic heterocycles. The van der Waals surface area contributed by atoms with Gasteiger partial charge in [0.1, 0.15) is 13.2 Å². The first kappa shape index (κ1) is 18.4. The molecule has 140 valence electrons. The molecule has 0 radical (unpaired) electrons. The molecule has 0 saturated heterocycles. The van der Waals surface area contributed by atoms with Gasteiger partial charge in [-0.25, -0.2) is 0 Å². The zero-order valence-corrected chi connectivity index (χ0v) is 15.4. The van der Waals surface area contributed by atoms with E-state index in [0.29, 0.717) is 56.3 Å². The summed E-state index contributed by atoms with van der Waals surface area (Å²) >= 11 is 0. The lowest BCUT2D eigenvalue weighted by molar-refractivity contribution is -0.144. The minimum absolute atomic E-state index is 0.152. The molecular formula is C20H25NO5. The summed E-state index contributed by atoms with van der Waals surface area (Å²) in [4.78, 5) is 11.7. The Bertz CT molecular complexity index is 701. The maximum absolute atomic E-state index is 11.7. The van der Waals surface area contributed by atoms with Gasteiger partial charge in [0.2, 0.25) is 5.75 Å². The van der Waals surface area contributed by atoms with Gasteiger partial charge in [-0.2, -0.15) is 5.26 Å². The molecular weight excluding hydrogens is 334 g/mol. The predicted octanol–water partition coefficient (Wildman–Crippen LogP) is 3.37. The van der Waals surface area contributed by atoms with Gasteiger partial charge in [0.05, 0.1) is 25.2 Å². The summed E-state index contributed by atoms with van der Waals surface area (Å²) in [5.74, 6) is 1.94. The van der Waals surface area contributed by atoms with Gasteiger partial charge >= 0.3 is 5.97 Å². The highest BCUT2D eigenvalue weighted by Crippen LogP contribution is 2.51. The van der Waals surface area contributed by atoms with Crippen molar-refractivity contribution in [1.29, 1.82) is 5.26 Å². The van der Waals surface area contributed by atoms with Crippen molar-refractivity contribution in [2.45, 2.75) is 44.4 Å². The standard InChI is InChI=1S/C20H25NO5/c1-3-24-17(22)12-14-6-8-20(13-21,9-7-14)15-4-5-16(23-2)19-18(15)25-10-11-26-19/h4-5,14H,3,6-12H2,1-2H3. The van der Waals surface area contributed by atoms with Crippen molar-refractivity contribution in [3.05, 3.63) is 17.7 Å². The van der Waals surface area contributed by atoms with Crippen molar-refractivity contribution < 1.29 is 23.7 Å². The Balaban J connectivity index is 1.82. The third-order valence-corrected chi connectivity index (χ3v) is 5.32. The van der Waals surface area contributed by atoms with Gasteiger partial charge in [0, 0.05) is 12.0 Å². The highest BCUT2D eigenvalue weighted by atomic mass is 16.6. The van der Waals surface area contributed by atoms with Crippen LogP contribution in [0.5, 0.6) is 17.2 Å². The molecule has 26 heavy (non-hydrogen) atoms. The first-order valence-electron chi connectivity index (χ1n) is 9.17. The lowest BCUT2D eigenvalue weighted by Crippen LogP contribution is -2.32. The summed E-state index contributed by atoms with van der Waals surface area (Å²) in [5, 5.41) is 10.0. The summed E-state index contributed by atoms with van der Waals surface area (Å²) in [6.07, 6.45) is 3.43. The molecule has 3 rings (SSSR count). The van der Waals surface area contributed by atoms with Crippen LogP contribution in [-0.2, 0) is 14.9 Å². The molecule has 1 aliphatic heterocycles. The quantitative estimate of drug-likeness (QED) is 0.750. The molecule has 1 fully saturated rings. The zero-order chi connectivity index (χ0) is 18.6. The van der Waals surface area contributed by atoms with E-state index >= 15 is 0 Å². The van der Waals surface area contributed by atoms with Gasteiger partial charge in [0.25, 0.3) is 0 Å². The van der Waals surface area contributed by atoms with E-state index in [9.17, 15) is 10.1 Å². The van der Waals surface area contributed by atoms with E-state index in [1.54, 1.807) is 7.11 Å². The third kappa shape index (κ3) is 3.44. The Morgan fingerprint density at radius 1 is 1.27 bits per heavy atom. The van der Waals surface area contributed by atoms with Gasteiger partial charge in [0.15, 0.2) is 11.5 Å². The van der Waals surface area contributed by atoms with Gasteiger partial charge in [-0.3, -0.25) is 4.79 Å². The Hall–Kier alpha value is -2.42. The molecule has 1 aromatic carbocycles. The van der Waals surface area contributed by atoms with E-state index in [4.69, 9.17) is 18.9 Å². The third-order valence-electron chi connectivity index (χ3n) is 5.32. The molecule has 2 aliphatic rings. The molecule has 0 spiro atoms. The molecule has 1 saturated carbocycles. The fourth-order valence-corrected chi connectivity index (χ4v) is 3.92. The predicted molar refractivity (Wildman–Crippen MR) is 94.5 cm³/mol. The van der Waals surface area contributed by atoms with Gasteiger partial charge in [-0.05, 0) is 50.7 Å². The van der Waals surface area contributed by atoms with Crippen LogP contribution in [0.4, 0.5) is 0 Å². The van der Waals surface area contributed by atoms with Crippen LogP contribution in [0.15, 0.2) is 12.1 Å². The number of rotatable bonds is 5. The van der Waals surface area contributed by atoms with Crippen LogP contribution in [0.2, 0.25) is 0 Å². The first-order chi connectivity index (χ1) is 12.6. The van der Waals surface area contributed by atoms with Gasteiger partial charge in [-0.15, -0.1) is 0 Å². The second kappa shape index (κ2) is 7.86. The topological polar surface area (TPSA) is 77.8 Å². The number of fused-ring (bicyclic) bond motifs is 1. The summed E-state index contributed by atoms with van der Waals surface area (Å²) in [6, 6.07) is 6.29. The molecule has 1 aromatic rings. The summed E-state index contributed by atoms with van der Waals surface area (Å²) in [6.45, 7) is 3.14. The molecule has 6 heteroatoms. The number of ether oxygens (including phenoxy) is 4. The van der Waals surface area contributed by atoms with Crippen molar-refractivity contribution in [2.24, 2.45) is 5.92 Å². The highest BCUT2D eigenvalue weighted by Gasteiger charge is 2.41. The van der Waals surface area contributed by atoms with E-state index in [0.717, 1.165) is 18.4 Å². The normalized spacial score (nSPS) is 24.4. The van der Waals surface area contributed by atoms with Crippen LogP contribution in [0, 0.1) is 17.2 Å². The lowest BCUT2D eigenvalue weighted by Gasteiger charge is -2.37. The fourth-order valence-electron chi connectivity index (χ4n) is 3.92. The van der Waals surface area contributed by atoms with Crippen molar-refractivity contribution in [2.75, 3.05) is 26.9 Å². The van der Waals surface area contributed by atoms with E-state index < -0.39 is 5.41 Å². The highest BCUT2D eigenvalue weighted by molar-refractivity contribution is 5.69. The molecule has 1 aliphatic carbocycles. The second-order valence-electron chi connectivity index (χ2n) is 6.82. The minimum Gasteiger partial charge on any atom is -0.493 e. The SMILES string of the molecule is CCOC(=O)CC1CCC(C#N)(c2ccc(OC)c3c2OCCO3)CC1. The van der Waals surface area contributed by atoms with Crippen LogP contribution in [-0.4, -0.2) is 32.9 Å². The monoisotopic (exact) mass is 359 g/mol. The molecule has 0 bridgehead atoms. The van der Waals surface area contributed by atoms with Crippen molar-refractivity contribution >= 4 is 5.97 Å². The van der Waals surface area contributed by atoms with E-state index in [-0.39, 0.29) is 11.9 Å². The number of methoxy groups -OCH3 is 1. The number of carbonyl (C=O) groups excluding carboxylic acids is 1. The van der Waals surface area contributed by atoms with Gasteiger partial charge < -0.3 is 18.9 Å². The Morgan fingerprint density at radius 3 is 2.58 bits per heavy atom. The molecule has 1 heterocycles. The Labute approximate surface area is 154 Å². The number of esters is 1. The number of benzene rings is 1. The van der Waals surface area contributed by atoms with Crippen molar-refractivity contribution in [3.8, 4) is 23.3 Å². The number of hydrogen-bond donors (Lipinski definition) is 0. The van der Waals surface area contributed by atoms with Crippen molar-refractivity contribution in [3.63, 3.8) is 0 Å². The lowest BCUT2D eigenvalue weighted by atomic mass is 9.66. The molecule has 6 nitrogen and oxygen atoms in total. The minimum atomic E-state index is -0.623. The van der Waals surface area contributed by atoms with Crippen LogP contribution in [0.1, 0.15) is 44.6 Å². The maximum Gasteiger partial charge on any atom is 0.306 e. The first-order valence-corrected chi connectivity index (χ1v) is 9.17. The zero-order valence-electron chi connectivity index (χ0n) is 15.4. The Morgan fingerprint density at radius 2 is 1.96 bits per heavy atom. The van der Waals surface area contributed by atoms with Gasteiger partial charge in [-0.1, -0.05) is 0 Å². The van der Waals surface area contributed by atoms with E-state index in [1.165, 1.54) is 0 Å². The Kier molecular flexibility index (Phi) is 5.55. The average molecular weight is 359 g/mol. The van der Waals surface area contributed by atoms with Crippen LogP contribution < -0.4 is 14.2 Å². The van der Waals surface area contributed by atoms with Crippen molar-refractivity contribution in [1.82, 2.24) is 0 Å². The van der Waals surface area contributed by atoms with E-state index in [1.807, 2.05) is 19.1 Å². The van der Waals surface area contributed by atoms with Crippen LogP contribution in [0.25, 0.3) is 0 Å². The molecule has 0 unspecified atom stereocenters. The number of carbonyl (C=O) groups is 1. The fraction of sp³-hybridized carbons (Fsp3) is 0.600. The number of nitrogens with zero attached hydrogens (tertiary/aromatic N) is 1. The molecule has 0 N–H and O–H groups in total. The maximum atomic E-state index is 11.7. The smallest absolute Gasteiger partial charge is 0.306 e. The van der Waals surface area contributed by atoms with Crippen LogP contribution in [0.3, 0.4) is 0 Å². The summed E-state index contributed by atoms with van der Waals surface area (Å²) in [5.41, 5.74) is 0.243. The van der Waals surface area contributed by atoms with E-state index in [2.05, 4.69) is 6.07 Å². The average Bonchev–Trinajstić information content (AvgIpc) is 2.68. The summed E-state index contributed by atoms with van der Waals surface area (Å²) in [7, 11) is 1.59. The number of hydrogen-bond acceptors (Lipinski definition) is 6. The molecule has 0 amide bonds. The second-order valence-corrected chi connectivity index (χ2v) is 6.82.